The molecule has 148 valence electrons. The van der Waals surface area contributed by atoms with Gasteiger partial charge in [-0.15, -0.1) is 0 Å². The molecule has 0 saturated heterocycles. The molecule has 1 saturated carbocycles. The Bertz CT molecular complexity index is 988. The van der Waals surface area contributed by atoms with Crippen molar-refractivity contribution in [2.24, 2.45) is 5.92 Å². The summed E-state index contributed by atoms with van der Waals surface area (Å²) in [5.41, 5.74) is 1.69. The molecule has 2 aromatic carbocycles. The predicted molar refractivity (Wildman–Crippen MR) is 102 cm³/mol. The minimum absolute atomic E-state index is 0.0864. The first kappa shape index (κ1) is 18.9. The first-order valence-corrected chi connectivity index (χ1v) is 10.7. The van der Waals surface area contributed by atoms with Gasteiger partial charge in [0.1, 0.15) is 18.2 Å². The van der Waals surface area contributed by atoms with E-state index in [4.69, 9.17) is 4.74 Å². The maximum absolute atomic E-state index is 12.9. The van der Waals surface area contributed by atoms with Crippen LogP contribution in [0.5, 0.6) is 5.75 Å². The molecule has 1 N–H and O–H groups in total. The normalized spacial score (nSPS) is 16.1. The lowest BCUT2D eigenvalue weighted by molar-refractivity contribution is -0.119. The Kier molecular flexibility index (Phi) is 5.07. The molecule has 2 aromatic rings. The van der Waals surface area contributed by atoms with Crippen molar-refractivity contribution in [3.05, 3.63) is 53.8 Å². The van der Waals surface area contributed by atoms with E-state index in [2.05, 4.69) is 4.72 Å². The second-order valence-electron chi connectivity index (χ2n) is 7.00. The van der Waals surface area contributed by atoms with Crippen LogP contribution in [0.15, 0.2) is 47.4 Å². The van der Waals surface area contributed by atoms with E-state index in [9.17, 15) is 17.6 Å². The van der Waals surface area contributed by atoms with E-state index in [-0.39, 0.29) is 35.7 Å². The number of ether oxygens (including phenoxy) is 1. The number of halogens is 1. The highest BCUT2D eigenvalue weighted by molar-refractivity contribution is 7.89. The molecule has 4 rings (SSSR count). The van der Waals surface area contributed by atoms with E-state index >= 15 is 0 Å². The Balaban J connectivity index is 1.36. The van der Waals surface area contributed by atoms with Crippen LogP contribution >= 0.6 is 0 Å². The van der Waals surface area contributed by atoms with E-state index < -0.39 is 10.0 Å². The third-order valence-electron chi connectivity index (χ3n) is 4.93. The van der Waals surface area contributed by atoms with Gasteiger partial charge < -0.3 is 9.64 Å². The van der Waals surface area contributed by atoms with Crippen molar-refractivity contribution < 1.29 is 22.3 Å². The second-order valence-corrected chi connectivity index (χ2v) is 8.77. The van der Waals surface area contributed by atoms with Crippen LogP contribution in [-0.2, 0) is 21.2 Å². The third-order valence-corrected chi connectivity index (χ3v) is 6.38. The fourth-order valence-electron chi connectivity index (χ4n) is 3.28. The Morgan fingerprint density at radius 1 is 1.18 bits per heavy atom. The number of hydrogen-bond acceptors (Lipinski definition) is 4. The minimum Gasteiger partial charge on any atom is -0.492 e. The van der Waals surface area contributed by atoms with E-state index in [1.807, 2.05) is 0 Å². The average Bonchev–Trinajstić information content (AvgIpc) is 3.45. The SMILES string of the molecule is O=C(C1CC1)N1CCc2cc(S(=O)(=O)NCCOc3ccc(F)cc3)ccc21. The maximum Gasteiger partial charge on any atom is 0.240 e. The molecular formula is C20H21FN2O4S. The van der Waals surface area contributed by atoms with Crippen molar-refractivity contribution in [2.75, 3.05) is 24.6 Å². The second kappa shape index (κ2) is 7.52. The number of sulfonamides is 1. The molecule has 1 aliphatic heterocycles. The van der Waals surface area contributed by atoms with Crippen molar-refractivity contribution >= 4 is 21.6 Å². The van der Waals surface area contributed by atoms with Crippen LogP contribution in [0.1, 0.15) is 18.4 Å². The summed E-state index contributed by atoms with van der Waals surface area (Å²) in [5.74, 6) is 0.392. The number of amides is 1. The number of nitrogens with one attached hydrogen (secondary N) is 1. The zero-order valence-corrected chi connectivity index (χ0v) is 16.0. The number of hydrogen-bond donors (Lipinski definition) is 1. The fraction of sp³-hybridized carbons (Fsp3) is 0.350. The molecule has 0 aromatic heterocycles. The third kappa shape index (κ3) is 4.02. The molecule has 2 aliphatic rings. The smallest absolute Gasteiger partial charge is 0.240 e. The summed E-state index contributed by atoms with van der Waals surface area (Å²) >= 11 is 0. The zero-order valence-electron chi connectivity index (χ0n) is 15.2. The Morgan fingerprint density at radius 2 is 1.93 bits per heavy atom. The van der Waals surface area contributed by atoms with Gasteiger partial charge in [-0.3, -0.25) is 4.79 Å². The molecular weight excluding hydrogens is 383 g/mol. The summed E-state index contributed by atoms with van der Waals surface area (Å²) in [6, 6.07) is 10.4. The van der Waals surface area contributed by atoms with Crippen LogP contribution in [-0.4, -0.2) is 34.0 Å². The lowest BCUT2D eigenvalue weighted by atomic mass is 10.2. The molecule has 0 bridgehead atoms. The summed E-state index contributed by atoms with van der Waals surface area (Å²) in [5, 5.41) is 0. The summed E-state index contributed by atoms with van der Waals surface area (Å²) in [7, 11) is -3.68. The highest BCUT2D eigenvalue weighted by atomic mass is 32.2. The number of benzene rings is 2. The highest BCUT2D eigenvalue weighted by Crippen LogP contribution is 2.37. The van der Waals surface area contributed by atoms with Crippen LogP contribution in [0.3, 0.4) is 0 Å². The topological polar surface area (TPSA) is 75.7 Å². The molecule has 6 nitrogen and oxygen atoms in total. The first-order chi connectivity index (χ1) is 13.4. The van der Waals surface area contributed by atoms with Gasteiger partial charge >= 0.3 is 0 Å². The van der Waals surface area contributed by atoms with Crippen LogP contribution in [0.4, 0.5) is 10.1 Å². The number of fused-ring (bicyclic) bond motifs is 1. The van der Waals surface area contributed by atoms with Crippen LogP contribution < -0.4 is 14.4 Å². The molecule has 0 spiro atoms. The van der Waals surface area contributed by atoms with Crippen LogP contribution in [0.2, 0.25) is 0 Å². The largest absolute Gasteiger partial charge is 0.492 e. The van der Waals surface area contributed by atoms with Crippen molar-refractivity contribution in [1.82, 2.24) is 4.72 Å². The summed E-state index contributed by atoms with van der Waals surface area (Å²) in [4.78, 5) is 14.3. The maximum atomic E-state index is 12.9. The number of rotatable bonds is 7. The zero-order chi connectivity index (χ0) is 19.7. The number of carbonyl (C=O) groups excluding carboxylic acids is 1. The lowest BCUT2D eigenvalue weighted by Gasteiger charge is -2.17. The fourth-order valence-corrected chi connectivity index (χ4v) is 4.35. The van der Waals surface area contributed by atoms with Crippen molar-refractivity contribution in [3.8, 4) is 5.75 Å². The van der Waals surface area contributed by atoms with E-state index in [0.29, 0.717) is 18.7 Å². The minimum atomic E-state index is -3.68. The number of anilines is 1. The van der Waals surface area contributed by atoms with E-state index in [1.54, 1.807) is 17.0 Å². The van der Waals surface area contributed by atoms with Gasteiger partial charge in [0.15, 0.2) is 0 Å². The Hall–Kier alpha value is -2.45. The first-order valence-electron chi connectivity index (χ1n) is 9.26. The molecule has 1 aliphatic carbocycles. The summed E-state index contributed by atoms with van der Waals surface area (Å²) in [6.07, 6.45) is 2.55. The Labute approximate surface area is 163 Å². The van der Waals surface area contributed by atoms with E-state index in [0.717, 1.165) is 24.1 Å². The van der Waals surface area contributed by atoms with Gasteiger partial charge in [-0.1, -0.05) is 0 Å². The number of carbonyl (C=O) groups is 1. The van der Waals surface area contributed by atoms with Crippen LogP contribution in [0, 0.1) is 11.7 Å². The number of nitrogens with zero attached hydrogens (tertiary/aromatic N) is 1. The molecule has 1 fully saturated rings. The highest BCUT2D eigenvalue weighted by Gasteiger charge is 2.36. The quantitative estimate of drug-likeness (QED) is 0.720. The predicted octanol–water partition coefficient (Wildman–Crippen LogP) is 2.48. The summed E-state index contributed by atoms with van der Waals surface area (Å²) in [6.45, 7) is 0.815. The monoisotopic (exact) mass is 404 g/mol. The average molecular weight is 404 g/mol. The van der Waals surface area contributed by atoms with E-state index in [1.165, 1.54) is 30.3 Å². The van der Waals surface area contributed by atoms with Gasteiger partial charge in [0, 0.05) is 24.7 Å². The van der Waals surface area contributed by atoms with Gasteiger partial charge in [0.25, 0.3) is 0 Å². The van der Waals surface area contributed by atoms with Crippen molar-refractivity contribution in [3.63, 3.8) is 0 Å². The van der Waals surface area contributed by atoms with Crippen LogP contribution in [0.25, 0.3) is 0 Å². The molecule has 1 heterocycles. The molecule has 0 atom stereocenters. The molecule has 8 heteroatoms. The lowest BCUT2D eigenvalue weighted by Crippen LogP contribution is -2.30. The summed E-state index contributed by atoms with van der Waals surface area (Å²) < 4.78 is 45.8. The molecule has 0 unspecified atom stereocenters. The van der Waals surface area contributed by atoms with Crippen molar-refractivity contribution in [2.45, 2.75) is 24.2 Å². The van der Waals surface area contributed by atoms with Gasteiger partial charge in [-0.2, -0.15) is 0 Å². The molecule has 1 amide bonds. The van der Waals surface area contributed by atoms with Gasteiger partial charge in [-0.25, -0.2) is 17.5 Å². The van der Waals surface area contributed by atoms with Gasteiger partial charge in [-0.05, 0) is 67.3 Å². The van der Waals surface area contributed by atoms with Gasteiger partial charge in [0.2, 0.25) is 15.9 Å². The molecule has 0 radical (unpaired) electrons. The standard InChI is InChI=1S/C20H21FN2O4S/c21-16-3-5-17(6-4-16)27-12-10-22-28(25,26)18-7-8-19-15(13-18)9-11-23(19)20(24)14-1-2-14/h3-8,13-14,22H,1-2,9-12H2. The van der Waals surface area contributed by atoms with Crippen molar-refractivity contribution in [1.29, 1.82) is 0 Å². The van der Waals surface area contributed by atoms with Gasteiger partial charge in [0.05, 0.1) is 4.90 Å². The molecule has 28 heavy (non-hydrogen) atoms. The Morgan fingerprint density at radius 3 is 2.64 bits per heavy atom.